The van der Waals surface area contributed by atoms with Crippen LogP contribution in [0, 0.1) is 6.92 Å². The Balaban J connectivity index is 0.000000613. The van der Waals surface area contributed by atoms with Crippen LogP contribution in [0.5, 0.6) is 0 Å². The molecule has 1 saturated heterocycles. The SMILES string of the molecule is CCCCCCCCCCCCCCCCCCCC1OCC(COCCCCCC[n+]2ccsc2)O1.Cc1ccc(S(=O)(=O)[O-])cc1. The molecular formula is C39H67NO6S2. The molecule has 2 unspecified atom stereocenters. The summed E-state index contributed by atoms with van der Waals surface area (Å²) in [5, 5.41) is 2.13. The summed E-state index contributed by atoms with van der Waals surface area (Å²) in [5.41, 5.74) is 3.11. The number of unbranched alkanes of at least 4 members (excludes halogenated alkanes) is 19. The quantitative estimate of drug-likeness (QED) is 0.0496. The van der Waals surface area contributed by atoms with Gasteiger partial charge in [-0.05, 0) is 44.7 Å². The lowest BCUT2D eigenvalue weighted by atomic mass is 10.0. The summed E-state index contributed by atoms with van der Waals surface area (Å²) in [4.78, 5) is -0.178. The maximum Gasteiger partial charge on any atom is 0.224 e. The van der Waals surface area contributed by atoms with Crippen molar-refractivity contribution in [3.63, 3.8) is 0 Å². The molecule has 0 amide bonds. The van der Waals surface area contributed by atoms with Crippen LogP contribution in [0.4, 0.5) is 0 Å². The zero-order valence-corrected chi connectivity index (χ0v) is 31.9. The van der Waals surface area contributed by atoms with Gasteiger partial charge in [0.25, 0.3) is 0 Å². The molecule has 2 atom stereocenters. The van der Waals surface area contributed by atoms with Crippen molar-refractivity contribution in [2.24, 2.45) is 0 Å². The Morgan fingerprint density at radius 3 is 1.88 bits per heavy atom. The average Bonchev–Trinajstić information content (AvgIpc) is 3.76. The van der Waals surface area contributed by atoms with Gasteiger partial charge < -0.3 is 18.8 Å². The Bertz CT molecular complexity index is 1090. The molecule has 0 radical (unpaired) electrons. The standard InChI is InChI=1S/C32H60NO3S.C7H8O3S/c1-2-3-4-5-6-7-8-9-10-11-12-13-14-15-16-17-20-23-32-35-29-31(36-32)28-34-26-22-19-18-21-24-33-25-27-37-30-33;1-6-2-4-7(5-3-6)11(8,9)10/h25,27,30-32H,2-24,26,28-29H2,1H3;2-5H,1H3,(H,8,9,10)/q+1;/p-1. The number of aryl methyl sites for hydroxylation is 2. The van der Waals surface area contributed by atoms with Crippen molar-refractivity contribution in [2.45, 2.75) is 179 Å². The van der Waals surface area contributed by atoms with Crippen LogP contribution in [0.2, 0.25) is 0 Å². The number of thiazole rings is 1. The van der Waals surface area contributed by atoms with Gasteiger partial charge >= 0.3 is 0 Å². The highest BCUT2D eigenvalue weighted by Crippen LogP contribution is 2.19. The molecule has 2 aromatic rings. The monoisotopic (exact) mass is 709 g/mol. The van der Waals surface area contributed by atoms with Crippen LogP contribution >= 0.6 is 11.3 Å². The average molecular weight is 710 g/mol. The summed E-state index contributed by atoms with van der Waals surface area (Å²) in [6, 6.07) is 5.78. The van der Waals surface area contributed by atoms with Gasteiger partial charge in [0, 0.05) is 13.0 Å². The van der Waals surface area contributed by atoms with E-state index in [0.29, 0.717) is 13.2 Å². The highest BCUT2D eigenvalue weighted by Gasteiger charge is 2.25. The molecule has 0 saturated carbocycles. The largest absolute Gasteiger partial charge is 0.744 e. The van der Waals surface area contributed by atoms with Gasteiger partial charge in [0.05, 0.1) is 23.5 Å². The van der Waals surface area contributed by atoms with Gasteiger partial charge in [0.1, 0.15) is 22.8 Å². The maximum atomic E-state index is 10.4. The molecule has 1 aromatic heterocycles. The van der Waals surface area contributed by atoms with Gasteiger partial charge in [-0.2, -0.15) is 4.57 Å². The summed E-state index contributed by atoms with van der Waals surface area (Å²) >= 11 is 1.76. The van der Waals surface area contributed by atoms with E-state index in [1.807, 2.05) is 6.92 Å². The van der Waals surface area contributed by atoms with E-state index in [4.69, 9.17) is 14.2 Å². The zero-order valence-electron chi connectivity index (χ0n) is 30.3. The van der Waals surface area contributed by atoms with E-state index < -0.39 is 10.1 Å². The lowest BCUT2D eigenvalue weighted by Gasteiger charge is -2.12. The molecule has 48 heavy (non-hydrogen) atoms. The van der Waals surface area contributed by atoms with Gasteiger partial charge in [0.15, 0.2) is 12.5 Å². The van der Waals surface area contributed by atoms with Crippen LogP contribution in [0.3, 0.4) is 0 Å². The lowest BCUT2D eigenvalue weighted by Crippen LogP contribution is -2.29. The molecule has 276 valence electrons. The molecule has 7 nitrogen and oxygen atoms in total. The molecule has 1 aliphatic rings. The predicted molar refractivity (Wildman–Crippen MR) is 196 cm³/mol. The number of ether oxygens (including phenoxy) is 3. The maximum absolute atomic E-state index is 10.4. The van der Waals surface area contributed by atoms with Crippen molar-refractivity contribution in [1.82, 2.24) is 0 Å². The third-order valence-electron chi connectivity index (χ3n) is 8.95. The van der Waals surface area contributed by atoms with Crippen molar-refractivity contribution in [2.75, 3.05) is 19.8 Å². The molecule has 1 aliphatic heterocycles. The minimum atomic E-state index is -4.27. The van der Waals surface area contributed by atoms with E-state index in [9.17, 15) is 13.0 Å². The summed E-state index contributed by atoms with van der Waals surface area (Å²) in [6.45, 7) is 7.47. The fourth-order valence-corrected chi connectivity index (χ4v) is 7.04. The molecule has 3 rings (SSSR count). The minimum absolute atomic E-state index is 0.000421. The summed E-state index contributed by atoms with van der Waals surface area (Å²) < 4.78 is 51.2. The van der Waals surface area contributed by atoms with E-state index in [1.54, 1.807) is 23.5 Å². The highest BCUT2D eigenvalue weighted by molar-refractivity contribution is 7.85. The van der Waals surface area contributed by atoms with Crippen LogP contribution in [0.1, 0.15) is 154 Å². The van der Waals surface area contributed by atoms with E-state index in [2.05, 4.69) is 28.6 Å². The molecular weight excluding hydrogens is 643 g/mol. The van der Waals surface area contributed by atoms with Gasteiger partial charge in [-0.15, -0.1) is 0 Å². The first-order chi connectivity index (χ1) is 23.4. The molecule has 2 heterocycles. The van der Waals surface area contributed by atoms with Crippen LogP contribution in [-0.4, -0.2) is 45.2 Å². The van der Waals surface area contributed by atoms with Crippen molar-refractivity contribution < 1.29 is 31.7 Å². The zero-order chi connectivity index (χ0) is 34.5. The minimum Gasteiger partial charge on any atom is -0.744 e. The van der Waals surface area contributed by atoms with E-state index in [0.717, 1.165) is 31.6 Å². The highest BCUT2D eigenvalue weighted by atomic mass is 32.2. The fraction of sp³-hybridized carbons (Fsp3) is 0.769. The van der Waals surface area contributed by atoms with Gasteiger partial charge in [0.2, 0.25) is 5.51 Å². The van der Waals surface area contributed by atoms with Crippen LogP contribution in [-0.2, 0) is 30.9 Å². The second-order valence-corrected chi connectivity index (χ2v) is 15.6. The summed E-state index contributed by atoms with van der Waals surface area (Å²) in [7, 11) is -4.27. The van der Waals surface area contributed by atoms with Crippen molar-refractivity contribution in [3.05, 3.63) is 46.9 Å². The summed E-state index contributed by atoms with van der Waals surface area (Å²) in [6.07, 6.45) is 32.3. The number of rotatable bonds is 28. The number of hydrogen-bond acceptors (Lipinski definition) is 7. The first kappa shape index (κ1) is 42.8. The van der Waals surface area contributed by atoms with E-state index in [1.165, 1.54) is 141 Å². The van der Waals surface area contributed by atoms with E-state index >= 15 is 0 Å². The number of aromatic nitrogens is 1. The lowest BCUT2D eigenvalue weighted by molar-refractivity contribution is -0.692. The second-order valence-electron chi connectivity index (χ2n) is 13.5. The van der Waals surface area contributed by atoms with E-state index in [-0.39, 0.29) is 17.3 Å². The van der Waals surface area contributed by atoms with Crippen molar-refractivity contribution in [3.8, 4) is 0 Å². The Hall–Kier alpha value is -1.36. The normalized spacial score (nSPS) is 16.2. The third-order valence-corrected chi connectivity index (χ3v) is 10.5. The predicted octanol–water partition coefficient (Wildman–Crippen LogP) is 10.3. The van der Waals surface area contributed by atoms with Crippen LogP contribution in [0.25, 0.3) is 0 Å². The summed E-state index contributed by atoms with van der Waals surface area (Å²) in [5.74, 6) is 0. The molecule has 0 aliphatic carbocycles. The van der Waals surface area contributed by atoms with Crippen molar-refractivity contribution >= 4 is 21.5 Å². The molecule has 0 N–H and O–H groups in total. The van der Waals surface area contributed by atoms with Gasteiger partial charge in [-0.1, -0.05) is 145 Å². The van der Waals surface area contributed by atoms with Gasteiger partial charge in [-0.3, -0.25) is 0 Å². The molecule has 9 heteroatoms. The Morgan fingerprint density at radius 1 is 0.792 bits per heavy atom. The Morgan fingerprint density at radius 2 is 1.33 bits per heavy atom. The Labute approximate surface area is 297 Å². The van der Waals surface area contributed by atoms with Crippen LogP contribution < -0.4 is 4.57 Å². The molecule has 0 spiro atoms. The molecule has 0 bridgehead atoms. The number of hydrogen-bond donors (Lipinski definition) is 0. The third kappa shape index (κ3) is 23.1. The number of benzene rings is 1. The molecule has 1 aromatic carbocycles. The number of nitrogens with zero attached hydrogens (tertiary/aromatic N) is 1. The van der Waals surface area contributed by atoms with Crippen LogP contribution in [0.15, 0.2) is 46.2 Å². The topological polar surface area (TPSA) is 88.8 Å². The molecule has 1 fully saturated rings. The second kappa shape index (κ2) is 28.3. The van der Waals surface area contributed by atoms with Gasteiger partial charge in [-0.25, -0.2) is 8.42 Å². The first-order valence-electron chi connectivity index (χ1n) is 19.2. The fourth-order valence-electron chi connectivity index (χ4n) is 5.94. The van der Waals surface area contributed by atoms with Crippen molar-refractivity contribution in [1.29, 1.82) is 0 Å². The smallest absolute Gasteiger partial charge is 0.224 e. The first-order valence-corrected chi connectivity index (χ1v) is 21.5. The Kier molecular flexibility index (Phi) is 25.3.